The second-order valence-electron chi connectivity index (χ2n) is 5.33. The van der Waals surface area contributed by atoms with Gasteiger partial charge in [0, 0.05) is 16.1 Å². The van der Waals surface area contributed by atoms with E-state index in [1.807, 2.05) is 0 Å². The van der Waals surface area contributed by atoms with Crippen molar-refractivity contribution in [1.29, 1.82) is 0 Å². The molecule has 7 nitrogen and oxygen atoms in total. The first-order valence-corrected chi connectivity index (χ1v) is 9.85. The van der Waals surface area contributed by atoms with E-state index in [1.165, 1.54) is 18.2 Å². The highest BCUT2D eigenvalue weighted by Gasteiger charge is 2.35. The first-order chi connectivity index (χ1) is 13.1. The van der Waals surface area contributed by atoms with Gasteiger partial charge in [0.05, 0.1) is 4.92 Å². The Morgan fingerprint density at radius 2 is 1.82 bits per heavy atom. The lowest BCUT2D eigenvalue weighted by Crippen LogP contribution is -2.56. The maximum absolute atomic E-state index is 12.4. The van der Waals surface area contributed by atoms with Crippen LogP contribution >= 0.6 is 63.0 Å². The number of thiocarbonyl (C=S) groups is 1. The molecule has 148 valence electrons. The SMILES string of the molecule is O=C(N[C@H](NC(=S)Nc1ccccc1[N+](=O)[O-])C(Cl)(Cl)Cl)c1cccc(Br)c1. The Bertz CT molecular complexity index is 911. The summed E-state index contributed by atoms with van der Waals surface area (Å²) in [6.07, 6.45) is -1.22. The third-order valence-corrected chi connectivity index (χ3v) is 4.68. The van der Waals surface area contributed by atoms with Gasteiger partial charge < -0.3 is 16.0 Å². The fourth-order valence-electron chi connectivity index (χ4n) is 2.07. The van der Waals surface area contributed by atoms with Crippen LogP contribution in [0.15, 0.2) is 53.0 Å². The first kappa shape index (κ1) is 22.6. The summed E-state index contributed by atoms with van der Waals surface area (Å²) in [5.41, 5.74) is 0.287. The van der Waals surface area contributed by atoms with E-state index in [2.05, 4.69) is 31.9 Å². The summed E-state index contributed by atoms with van der Waals surface area (Å²) < 4.78 is -1.26. The summed E-state index contributed by atoms with van der Waals surface area (Å²) >= 11 is 26.2. The van der Waals surface area contributed by atoms with Gasteiger partial charge in [-0.1, -0.05) is 68.9 Å². The Morgan fingerprint density at radius 1 is 1.14 bits per heavy atom. The van der Waals surface area contributed by atoms with E-state index < -0.39 is 20.8 Å². The highest BCUT2D eigenvalue weighted by molar-refractivity contribution is 9.10. The Balaban J connectivity index is 2.13. The van der Waals surface area contributed by atoms with Crippen LogP contribution in [0.1, 0.15) is 10.4 Å². The summed E-state index contributed by atoms with van der Waals surface area (Å²) in [4.78, 5) is 23.0. The molecule has 3 N–H and O–H groups in total. The molecular formula is C16H12BrCl3N4O3S. The van der Waals surface area contributed by atoms with Gasteiger partial charge in [-0.15, -0.1) is 0 Å². The van der Waals surface area contributed by atoms with Crippen LogP contribution in [0.4, 0.5) is 11.4 Å². The quantitative estimate of drug-likeness (QED) is 0.171. The smallest absolute Gasteiger partial charge is 0.292 e. The number of carbonyl (C=O) groups excluding carboxylic acids is 1. The molecule has 2 rings (SSSR count). The van der Waals surface area contributed by atoms with Crippen LogP contribution < -0.4 is 16.0 Å². The average molecular weight is 527 g/mol. The molecule has 0 aromatic heterocycles. The molecule has 0 heterocycles. The molecule has 28 heavy (non-hydrogen) atoms. The predicted molar refractivity (Wildman–Crippen MR) is 118 cm³/mol. The molecule has 0 saturated heterocycles. The molecule has 0 spiro atoms. The average Bonchev–Trinajstić information content (AvgIpc) is 2.60. The molecule has 2 aromatic carbocycles. The minimum absolute atomic E-state index is 0.0832. The number of nitro benzene ring substituents is 1. The van der Waals surface area contributed by atoms with Gasteiger partial charge in [0.25, 0.3) is 11.6 Å². The molecule has 12 heteroatoms. The molecule has 0 unspecified atom stereocenters. The van der Waals surface area contributed by atoms with E-state index in [9.17, 15) is 14.9 Å². The van der Waals surface area contributed by atoms with E-state index in [1.54, 1.807) is 30.3 Å². The number of nitro groups is 1. The third kappa shape index (κ3) is 6.46. The molecule has 0 saturated carbocycles. The highest BCUT2D eigenvalue weighted by atomic mass is 79.9. The largest absolute Gasteiger partial charge is 0.339 e. The summed E-state index contributed by atoms with van der Waals surface area (Å²) in [6.45, 7) is 0. The van der Waals surface area contributed by atoms with E-state index >= 15 is 0 Å². The van der Waals surface area contributed by atoms with Crippen molar-refractivity contribution >= 4 is 85.3 Å². The molecule has 0 fully saturated rings. The monoisotopic (exact) mass is 524 g/mol. The molecule has 0 bridgehead atoms. The van der Waals surface area contributed by atoms with E-state index in [0.717, 1.165) is 0 Å². The Labute approximate surface area is 189 Å². The van der Waals surface area contributed by atoms with E-state index in [0.29, 0.717) is 10.0 Å². The minimum atomic E-state index is -1.96. The zero-order valence-corrected chi connectivity index (χ0v) is 18.5. The summed E-state index contributed by atoms with van der Waals surface area (Å²) in [5.74, 6) is -0.515. The van der Waals surface area contributed by atoms with Crippen molar-refractivity contribution in [1.82, 2.24) is 10.6 Å². The number of hydrogen-bond donors (Lipinski definition) is 3. The molecule has 0 radical (unpaired) electrons. The number of nitrogens with one attached hydrogen (secondary N) is 3. The fraction of sp³-hybridized carbons (Fsp3) is 0.125. The lowest BCUT2D eigenvalue weighted by molar-refractivity contribution is -0.383. The zero-order chi connectivity index (χ0) is 20.9. The number of benzene rings is 2. The van der Waals surface area contributed by atoms with Crippen LogP contribution in [-0.2, 0) is 0 Å². The zero-order valence-electron chi connectivity index (χ0n) is 13.8. The summed E-state index contributed by atoms with van der Waals surface area (Å²) in [7, 11) is 0. The fourth-order valence-corrected chi connectivity index (χ4v) is 3.03. The Morgan fingerprint density at radius 3 is 2.43 bits per heavy atom. The van der Waals surface area contributed by atoms with Crippen molar-refractivity contribution in [2.75, 3.05) is 5.32 Å². The molecule has 0 aliphatic rings. The van der Waals surface area contributed by atoms with Gasteiger partial charge in [-0.25, -0.2) is 0 Å². The van der Waals surface area contributed by atoms with E-state index in [-0.39, 0.29) is 16.5 Å². The lowest BCUT2D eigenvalue weighted by atomic mass is 10.2. The Kier molecular flexibility index (Phi) is 7.85. The summed E-state index contributed by atoms with van der Waals surface area (Å²) in [6, 6.07) is 12.5. The first-order valence-electron chi connectivity index (χ1n) is 7.52. The van der Waals surface area contributed by atoms with Crippen LogP contribution in [0.2, 0.25) is 0 Å². The highest BCUT2D eigenvalue weighted by Crippen LogP contribution is 2.30. The molecule has 2 aromatic rings. The maximum atomic E-state index is 12.4. The van der Waals surface area contributed by atoms with Crippen molar-refractivity contribution in [2.45, 2.75) is 9.96 Å². The van der Waals surface area contributed by atoms with Gasteiger partial charge in [0.1, 0.15) is 11.9 Å². The number of rotatable bonds is 5. The predicted octanol–water partition coefficient (Wildman–Crippen LogP) is 4.77. The van der Waals surface area contributed by atoms with Crippen molar-refractivity contribution in [3.8, 4) is 0 Å². The number of nitrogens with zero attached hydrogens (tertiary/aromatic N) is 1. The molecule has 1 atom stereocenters. The maximum Gasteiger partial charge on any atom is 0.292 e. The van der Waals surface area contributed by atoms with Crippen LogP contribution in [-0.4, -0.2) is 25.9 Å². The van der Waals surface area contributed by atoms with Gasteiger partial charge in [0.2, 0.25) is 3.79 Å². The number of hydrogen-bond acceptors (Lipinski definition) is 4. The van der Waals surface area contributed by atoms with Gasteiger partial charge in [-0.05, 0) is 36.5 Å². The van der Waals surface area contributed by atoms with Gasteiger partial charge >= 0.3 is 0 Å². The normalized spacial score (nSPS) is 12.0. The van der Waals surface area contributed by atoms with Crippen molar-refractivity contribution in [3.05, 3.63) is 68.7 Å². The van der Waals surface area contributed by atoms with Crippen LogP contribution in [0.5, 0.6) is 0 Å². The van der Waals surface area contributed by atoms with Crippen LogP contribution in [0.3, 0.4) is 0 Å². The standard InChI is InChI=1S/C16H12BrCl3N4O3S/c17-10-5-3-4-9(8-10)13(25)22-14(16(18,19)20)23-15(28)21-11-6-1-2-7-12(11)24(26)27/h1-8,14H,(H,22,25)(H2,21,23,28)/t14-/m1/s1. The molecule has 0 aliphatic heterocycles. The summed E-state index contributed by atoms with van der Waals surface area (Å²) in [5, 5.41) is 18.8. The van der Waals surface area contributed by atoms with Crippen LogP contribution in [0, 0.1) is 10.1 Å². The lowest BCUT2D eigenvalue weighted by Gasteiger charge is -2.27. The number of halogens is 4. The minimum Gasteiger partial charge on any atom is -0.339 e. The van der Waals surface area contributed by atoms with E-state index in [4.69, 9.17) is 47.0 Å². The van der Waals surface area contributed by atoms with Crippen LogP contribution in [0.25, 0.3) is 0 Å². The Hall–Kier alpha value is -1.65. The number of carbonyl (C=O) groups is 1. The van der Waals surface area contributed by atoms with Gasteiger partial charge in [-0.2, -0.15) is 0 Å². The topological polar surface area (TPSA) is 96.3 Å². The molecular weight excluding hydrogens is 515 g/mol. The number of para-hydroxylation sites is 2. The number of alkyl halides is 3. The van der Waals surface area contributed by atoms with Crippen molar-refractivity contribution < 1.29 is 9.72 Å². The van der Waals surface area contributed by atoms with Gasteiger partial charge in [0.15, 0.2) is 5.11 Å². The molecule has 1 amide bonds. The second-order valence-corrected chi connectivity index (χ2v) is 9.02. The number of anilines is 1. The van der Waals surface area contributed by atoms with Crippen molar-refractivity contribution in [2.24, 2.45) is 0 Å². The second kappa shape index (κ2) is 9.71. The molecule has 0 aliphatic carbocycles. The number of amides is 1. The van der Waals surface area contributed by atoms with Crippen molar-refractivity contribution in [3.63, 3.8) is 0 Å². The third-order valence-electron chi connectivity index (χ3n) is 3.31. The van der Waals surface area contributed by atoms with Gasteiger partial charge in [-0.3, -0.25) is 14.9 Å².